The van der Waals surface area contributed by atoms with Gasteiger partial charge in [-0.1, -0.05) is 169 Å². The lowest BCUT2D eigenvalue weighted by Crippen LogP contribution is -2.78. The van der Waals surface area contributed by atoms with Crippen molar-refractivity contribution in [3.8, 4) is 0 Å². The van der Waals surface area contributed by atoms with Gasteiger partial charge < -0.3 is 38.8 Å². The van der Waals surface area contributed by atoms with Gasteiger partial charge in [0.05, 0.1) is 41.9 Å². The average Bonchev–Trinajstić information content (AvgIpc) is 3.45. The Morgan fingerprint density at radius 1 is 0.722 bits per heavy atom. The van der Waals surface area contributed by atoms with Crippen LogP contribution in [0.1, 0.15) is 132 Å². The van der Waals surface area contributed by atoms with E-state index < -0.39 is 117 Å². The summed E-state index contributed by atoms with van der Waals surface area (Å²) < 4.78 is 40.9. The molecule has 1 saturated heterocycles. The fraction of sp³-hybridized carbons (Fsp3) is 0.439. The van der Waals surface area contributed by atoms with E-state index in [9.17, 15) is 14.7 Å². The van der Waals surface area contributed by atoms with Gasteiger partial charge in [0.1, 0.15) is 23.4 Å². The number of ether oxygens (including phenoxy) is 6. The highest BCUT2D eigenvalue weighted by Crippen LogP contribution is 2.68. The molecule has 1 aliphatic heterocycles. The molecule has 13 heteroatoms. The molecule has 0 spiro atoms. The maximum Gasteiger partial charge on any atom is 0.338 e. The van der Waals surface area contributed by atoms with Gasteiger partial charge in [-0.3, -0.25) is 14.4 Å². The minimum absolute atomic E-state index is 0.123. The zero-order valence-electron chi connectivity index (χ0n) is 47.2. The first kappa shape index (κ1) is 56.9. The zero-order chi connectivity index (χ0) is 56.9. The third-order valence-corrected chi connectivity index (χ3v) is 17.7. The van der Waals surface area contributed by atoms with E-state index in [1.807, 2.05) is 73.7 Å². The Labute approximate surface area is 464 Å². The lowest BCUT2D eigenvalue weighted by Gasteiger charge is -2.69. The number of ketones is 1. The lowest BCUT2D eigenvalue weighted by molar-refractivity contribution is -0.329. The third kappa shape index (κ3) is 9.95. The zero-order valence-corrected chi connectivity index (χ0v) is 47.2. The standard InChI is InChI=1S/C66H75NO12/c1-40(2)75-54(52(43-27-17-12-18-28-43)67-58(70)44-29-19-13-20-30-44)60(72)77-48-38-65(73)57(78-59(71)45-31-21-14-22-32-45)55-63(10)39-74-49(63)37-50(64(55,11)56(69)53(76-42(4)68)51(41(48)3)62(65,8)9)79-66(61(5,6)7,46-33-23-15-24-34-46)47-35-25-16-26-36-47/h12-36,40,48-50,52-55,57,73H,37-39H2,1-11H3,(H,67,70)/t48-,49+,50-,52-,53+,54+,55+,57-,63+,64+,65+/m0/s1. The molecule has 416 valence electrons. The van der Waals surface area contributed by atoms with Crippen LogP contribution in [-0.4, -0.2) is 89.6 Å². The van der Waals surface area contributed by atoms with E-state index in [1.54, 1.807) is 126 Å². The summed E-state index contributed by atoms with van der Waals surface area (Å²) in [6, 6.07) is 44.7. The Bertz CT molecular complexity index is 3030. The van der Waals surface area contributed by atoms with Crippen molar-refractivity contribution >= 4 is 29.6 Å². The number of carbonyl (C=O) groups is 5. The summed E-state index contributed by atoms with van der Waals surface area (Å²) in [5, 5.41) is 17.6. The molecule has 2 saturated carbocycles. The van der Waals surface area contributed by atoms with Gasteiger partial charge in [-0.05, 0) is 85.2 Å². The predicted octanol–water partition coefficient (Wildman–Crippen LogP) is 10.9. The van der Waals surface area contributed by atoms with E-state index in [0.717, 1.165) is 11.1 Å². The molecular weight excluding hydrogens is 999 g/mol. The van der Waals surface area contributed by atoms with Crippen LogP contribution >= 0.6 is 0 Å². The molecule has 0 radical (unpaired) electrons. The molecule has 79 heavy (non-hydrogen) atoms. The van der Waals surface area contributed by atoms with Crippen LogP contribution in [0.3, 0.4) is 0 Å². The average molecular weight is 1070 g/mol. The van der Waals surface area contributed by atoms with E-state index in [1.165, 1.54) is 6.92 Å². The molecule has 9 rings (SSSR count). The summed E-state index contributed by atoms with van der Waals surface area (Å²) >= 11 is 0. The second-order valence-electron chi connectivity index (χ2n) is 24.2. The lowest BCUT2D eigenvalue weighted by atomic mass is 9.42. The first-order valence-electron chi connectivity index (χ1n) is 27.5. The number of Topliss-reactive ketones (excluding diaryl/α,β-unsaturated/α-hetero) is 1. The first-order valence-corrected chi connectivity index (χ1v) is 27.5. The molecule has 1 heterocycles. The van der Waals surface area contributed by atoms with Crippen molar-refractivity contribution in [3.05, 3.63) is 191 Å². The normalized spacial score (nSPS) is 28.1. The molecule has 13 nitrogen and oxygen atoms in total. The Kier molecular flexibility index (Phi) is 15.6. The van der Waals surface area contributed by atoms with E-state index in [0.29, 0.717) is 16.7 Å². The molecule has 3 aliphatic carbocycles. The van der Waals surface area contributed by atoms with E-state index in [4.69, 9.17) is 28.4 Å². The maximum atomic E-state index is 17.0. The van der Waals surface area contributed by atoms with Crippen molar-refractivity contribution < 1.29 is 57.5 Å². The summed E-state index contributed by atoms with van der Waals surface area (Å²) in [4.78, 5) is 75.2. The summed E-state index contributed by atoms with van der Waals surface area (Å²) in [5.41, 5.74) is -5.10. The molecule has 2 N–H and O–H groups in total. The number of aliphatic hydroxyl groups is 1. The number of fused-ring (bicyclic) bond motifs is 5. The van der Waals surface area contributed by atoms with Gasteiger partial charge in [0, 0.05) is 42.1 Å². The van der Waals surface area contributed by atoms with Gasteiger partial charge in [-0.15, -0.1) is 0 Å². The molecule has 2 bridgehead atoms. The Balaban J connectivity index is 1.26. The number of hydrogen-bond acceptors (Lipinski definition) is 12. The SMILES string of the molecule is CC(=O)O[C@H]1C(=O)[C@]2(C)[C@@H](OC(c3ccccc3)(c3ccccc3)C(C)(C)C)C[C@H]3OC[C@@]3(C)[C@H]2[C@H](OC(=O)c2ccccc2)[C@]2(O)C[C@H](OC(=O)[C@H](OC(C)C)[C@@H](NC(=O)c3ccccc3)c3ccccc3)C(C)=C1C2(C)C. The molecular formula is C66H75NO12. The second kappa shape index (κ2) is 21.7. The highest BCUT2D eigenvalue weighted by atomic mass is 16.6. The minimum atomic E-state index is -2.21. The quantitative estimate of drug-likeness (QED) is 0.0578. The van der Waals surface area contributed by atoms with Gasteiger partial charge in [-0.2, -0.15) is 0 Å². The molecule has 5 aromatic carbocycles. The van der Waals surface area contributed by atoms with Crippen LogP contribution in [-0.2, 0) is 48.4 Å². The topological polar surface area (TPSA) is 173 Å². The van der Waals surface area contributed by atoms with E-state index in [-0.39, 0.29) is 30.6 Å². The Morgan fingerprint density at radius 2 is 1.24 bits per heavy atom. The van der Waals surface area contributed by atoms with Crippen molar-refractivity contribution in [2.75, 3.05) is 6.61 Å². The maximum absolute atomic E-state index is 17.0. The predicted molar refractivity (Wildman–Crippen MR) is 297 cm³/mol. The largest absolute Gasteiger partial charge is 0.456 e. The van der Waals surface area contributed by atoms with Gasteiger partial charge in [0.15, 0.2) is 18.0 Å². The highest BCUT2D eigenvalue weighted by Gasteiger charge is 2.77. The summed E-state index contributed by atoms with van der Waals surface area (Å²) in [6.45, 7) is 20.2. The molecule has 4 aliphatic rings. The Morgan fingerprint density at radius 3 is 1.73 bits per heavy atom. The highest BCUT2D eigenvalue weighted by molar-refractivity contribution is 5.96. The number of esters is 3. The van der Waals surface area contributed by atoms with Crippen molar-refractivity contribution in [2.45, 2.75) is 149 Å². The molecule has 3 fully saturated rings. The smallest absolute Gasteiger partial charge is 0.338 e. The van der Waals surface area contributed by atoms with Gasteiger partial charge in [0.2, 0.25) is 0 Å². The molecule has 5 aromatic rings. The molecule has 11 atom stereocenters. The van der Waals surface area contributed by atoms with E-state index in [2.05, 4.69) is 26.1 Å². The first-order chi connectivity index (χ1) is 37.4. The summed E-state index contributed by atoms with van der Waals surface area (Å²) in [5.74, 6) is -4.52. The number of carbonyl (C=O) groups excluding carboxylic acids is 5. The summed E-state index contributed by atoms with van der Waals surface area (Å²) in [7, 11) is 0. The monoisotopic (exact) mass is 1070 g/mol. The van der Waals surface area contributed by atoms with Crippen LogP contribution in [0.25, 0.3) is 0 Å². The number of nitrogens with one attached hydrogen (secondary N) is 1. The molecule has 0 aromatic heterocycles. The molecule has 0 unspecified atom stereocenters. The number of rotatable bonds is 15. The van der Waals surface area contributed by atoms with Gasteiger partial charge in [0.25, 0.3) is 5.91 Å². The fourth-order valence-electron chi connectivity index (χ4n) is 13.7. The van der Waals surface area contributed by atoms with Crippen LogP contribution in [0.5, 0.6) is 0 Å². The van der Waals surface area contributed by atoms with Crippen LogP contribution in [0.4, 0.5) is 0 Å². The number of hydrogen-bond donors (Lipinski definition) is 2. The van der Waals surface area contributed by atoms with Crippen LogP contribution in [0.2, 0.25) is 0 Å². The number of benzene rings is 5. The molecule has 1 amide bonds. The Hall–Kier alpha value is -6.77. The third-order valence-electron chi connectivity index (χ3n) is 17.7. The van der Waals surface area contributed by atoms with Gasteiger partial charge >= 0.3 is 17.9 Å². The van der Waals surface area contributed by atoms with Crippen molar-refractivity contribution in [3.63, 3.8) is 0 Å². The fourth-order valence-corrected chi connectivity index (χ4v) is 13.7. The summed E-state index contributed by atoms with van der Waals surface area (Å²) in [6.07, 6.45) is -8.33. The van der Waals surface area contributed by atoms with Crippen LogP contribution in [0.15, 0.2) is 163 Å². The van der Waals surface area contributed by atoms with Crippen molar-refractivity contribution in [2.24, 2.45) is 27.6 Å². The number of amides is 1. The van der Waals surface area contributed by atoms with Gasteiger partial charge in [-0.25, -0.2) is 9.59 Å². The second-order valence-corrected chi connectivity index (χ2v) is 24.2. The minimum Gasteiger partial charge on any atom is -0.456 e. The van der Waals surface area contributed by atoms with E-state index >= 15 is 14.4 Å². The van der Waals surface area contributed by atoms with Crippen LogP contribution in [0, 0.1) is 27.6 Å². The van der Waals surface area contributed by atoms with Crippen LogP contribution < -0.4 is 5.32 Å². The van der Waals surface area contributed by atoms with Crippen molar-refractivity contribution in [1.82, 2.24) is 5.32 Å². The van der Waals surface area contributed by atoms with Crippen molar-refractivity contribution in [1.29, 1.82) is 0 Å².